The molecule has 3 aromatic rings. The van der Waals surface area contributed by atoms with Gasteiger partial charge < -0.3 is 14.6 Å². The highest BCUT2D eigenvalue weighted by Gasteiger charge is 2.31. The monoisotopic (exact) mass is 350 g/mol. The fraction of sp³-hybridized carbons (Fsp3) is 0.350. The number of carbonyl (C=O) groups is 1. The van der Waals surface area contributed by atoms with E-state index in [0.29, 0.717) is 5.69 Å². The van der Waals surface area contributed by atoms with Gasteiger partial charge >= 0.3 is 0 Å². The molecule has 6 heteroatoms. The van der Waals surface area contributed by atoms with Crippen LogP contribution in [-0.2, 0) is 6.42 Å². The summed E-state index contributed by atoms with van der Waals surface area (Å²) in [5, 5.41) is 1.17. The average Bonchev–Trinajstić information content (AvgIpc) is 3.26. The zero-order chi connectivity index (χ0) is 18.1. The molecule has 1 saturated heterocycles. The molecule has 0 spiro atoms. The molecular formula is C20H22N4O2. The number of aromatic amines is 1. The second-order valence-corrected chi connectivity index (χ2v) is 6.73. The number of hydrogen-bond donors (Lipinski definition) is 1. The highest BCUT2D eigenvalue weighted by atomic mass is 16.5. The maximum atomic E-state index is 12.8. The average molecular weight is 350 g/mol. The van der Waals surface area contributed by atoms with Crippen LogP contribution < -0.4 is 4.74 Å². The van der Waals surface area contributed by atoms with Crippen molar-refractivity contribution in [3.63, 3.8) is 0 Å². The van der Waals surface area contributed by atoms with Crippen molar-refractivity contribution in [3.8, 4) is 5.75 Å². The van der Waals surface area contributed by atoms with Gasteiger partial charge in [0, 0.05) is 41.6 Å². The zero-order valence-electron chi connectivity index (χ0n) is 15.0. The van der Waals surface area contributed by atoms with Crippen molar-refractivity contribution in [2.45, 2.75) is 32.2 Å². The summed E-state index contributed by atoms with van der Waals surface area (Å²) in [4.78, 5) is 26.4. The number of aromatic nitrogens is 3. The summed E-state index contributed by atoms with van der Waals surface area (Å²) in [6.07, 6.45) is 7.53. The molecule has 0 radical (unpaired) electrons. The first kappa shape index (κ1) is 16.6. The number of amides is 1. The van der Waals surface area contributed by atoms with Gasteiger partial charge in [0.25, 0.3) is 5.91 Å². The maximum absolute atomic E-state index is 12.8. The number of nitrogens with one attached hydrogen (secondary N) is 1. The molecule has 2 aromatic heterocycles. The Kier molecular flexibility index (Phi) is 4.32. The van der Waals surface area contributed by atoms with Crippen LogP contribution in [0.5, 0.6) is 5.75 Å². The number of H-pyrrole nitrogens is 1. The van der Waals surface area contributed by atoms with Crippen molar-refractivity contribution in [1.29, 1.82) is 0 Å². The van der Waals surface area contributed by atoms with Crippen LogP contribution in [0.1, 0.15) is 34.6 Å². The number of carbonyl (C=O) groups excluding carboxylic acids is 1. The minimum Gasteiger partial charge on any atom is -0.497 e. The lowest BCUT2D eigenvalue weighted by Gasteiger charge is -2.24. The first-order valence-electron chi connectivity index (χ1n) is 8.89. The molecule has 1 unspecified atom stereocenters. The van der Waals surface area contributed by atoms with E-state index in [9.17, 15) is 4.79 Å². The molecule has 6 nitrogen and oxygen atoms in total. The fourth-order valence-corrected chi connectivity index (χ4v) is 3.86. The molecule has 134 valence electrons. The zero-order valence-corrected chi connectivity index (χ0v) is 15.0. The quantitative estimate of drug-likeness (QED) is 0.785. The topological polar surface area (TPSA) is 71.1 Å². The SMILES string of the molecule is COc1ccc2[nH]c(C)c(CC3CCCN3C(=O)c3cnccn3)c2c1. The van der Waals surface area contributed by atoms with Crippen LogP contribution in [-0.4, -0.2) is 45.5 Å². The van der Waals surface area contributed by atoms with Crippen LogP contribution in [0.25, 0.3) is 10.9 Å². The van der Waals surface area contributed by atoms with E-state index in [1.54, 1.807) is 25.7 Å². The van der Waals surface area contributed by atoms with E-state index in [1.165, 1.54) is 10.9 Å². The van der Waals surface area contributed by atoms with Gasteiger partial charge in [-0.3, -0.25) is 9.78 Å². The van der Waals surface area contributed by atoms with E-state index in [1.807, 2.05) is 17.0 Å². The van der Waals surface area contributed by atoms with Gasteiger partial charge in [0.2, 0.25) is 0 Å². The van der Waals surface area contributed by atoms with Crippen LogP contribution in [0.2, 0.25) is 0 Å². The normalized spacial score (nSPS) is 17.0. The van der Waals surface area contributed by atoms with Crippen LogP contribution >= 0.6 is 0 Å². The van der Waals surface area contributed by atoms with Crippen LogP contribution in [0.4, 0.5) is 0 Å². The van der Waals surface area contributed by atoms with E-state index < -0.39 is 0 Å². The predicted molar refractivity (Wildman–Crippen MR) is 99.4 cm³/mol. The number of methoxy groups -OCH3 is 1. The number of rotatable bonds is 4. The molecule has 0 aliphatic carbocycles. The van der Waals surface area contributed by atoms with Gasteiger partial charge in [0.15, 0.2) is 0 Å². The largest absolute Gasteiger partial charge is 0.497 e. The molecule has 26 heavy (non-hydrogen) atoms. The molecule has 3 heterocycles. The standard InChI is InChI=1S/C20H22N4O2/c1-13-16(17-11-15(26-2)5-6-18(17)23-13)10-14-4-3-9-24(14)20(25)19-12-21-7-8-22-19/h5-8,11-12,14,23H,3-4,9-10H2,1-2H3. The molecule has 4 rings (SSSR count). The van der Waals surface area contributed by atoms with Crippen molar-refractivity contribution in [3.05, 3.63) is 53.7 Å². The van der Waals surface area contributed by atoms with E-state index in [2.05, 4.69) is 27.9 Å². The number of aryl methyl sites for hydroxylation is 1. The van der Waals surface area contributed by atoms with Gasteiger partial charge in [-0.1, -0.05) is 0 Å². The lowest BCUT2D eigenvalue weighted by Crippen LogP contribution is -2.37. The summed E-state index contributed by atoms with van der Waals surface area (Å²) in [5.41, 5.74) is 3.91. The van der Waals surface area contributed by atoms with Gasteiger partial charge in [-0.25, -0.2) is 4.98 Å². The van der Waals surface area contributed by atoms with Gasteiger partial charge in [0.05, 0.1) is 13.3 Å². The second kappa shape index (κ2) is 6.78. The number of hydrogen-bond acceptors (Lipinski definition) is 4. The third-order valence-corrected chi connectivity index (χ3v) is 5.19. The summed E-state index contributed by atoms with van der Waals surface area (Å²) in [5.74, 6) is 0.812. The highest BCUT2D eigenvalue weighted by molar-refractivity contribution is 5.92. The Labute approximate surface area is 152 Å². The Morgan fingerprint density at radius 3 is 3.04 bits per heavy atom. The Balaban J connectivity index is 1.63. The lowest BCUT2D eigenvalue weighted by atomic mass is 10.0. The van der Waals surface area contributed by atoms with E-state index in [-0.39, 0.29) is 11.9 Å². The molecule has 1 aliphatic rings. The first-order valence-corrected chi connectivity index (χ1v) is 8.89. The number of fused-ring (bicyclic) bond motifs is 1. The summed E-state index contributed by atoms with van der Waals surface area (Å²) in [6.45, 7) is 2.86. The Morgan fingerprint density at radius 1 is 1.38 bits per heavy atom. The van der Waals surface area contributed by atoms with Gasteiger partial charge in [0.1, 0.15) is 11.4 Å². The van der Waals surface area contributed by atoms with E-state index in [4.69, 9.17) is 4.74 Å². The minimum absolute atomic E-state index is 0.0318. The molecule has 1 fully saturated rings. The Morgan fingerprint density at radius 2 is 2.27 bits per heavy atom. The van der Waals surface area contributed by atoms with Crippen molar-refractivity contribution in [2.24, 2.45) is 0 Å². The summed E-state index contributed by atoms with van der Waals surface area (Å²) in [6, 6.07) is 6.25. The van der Waals surface area contributed by atoms with Gasteiger partial charge in [-0.15, -0.1) is 0 Å². The summed E-state index contributed by atoms with van der Waals surface area (Å²) >= 11 is 0. The van der Waals surface area contributed by atoms with Crippen molar-refractivity contribution in [1.82, 2.24) is 19.9 Å². The van der Waals surface area contributed by atoms with Crippen LogP contribution in [0.15, 0.2) is 36.8 Å². The maximum Gasteiger partial charge on any atom is 0.274 e. The van der Waals surface area contributed by atoms with Gasteiger partial charge in [-0.05, 0) is 49.9 Å². The molecule has 1 aliphatic heterocycles. The highest BCUT2D eigenvalue weighted by Crippen LogP contribution is 2.30. The van der Waals surface area contributed by atoms with Crippen molar-refractivity contribution in [2.75, 3.05) is 13.7 Å². The third-order valence-electron chi connectivity index (χ3n) is 5.19. The smallest absolute Gasteiger partial charge is 0.274 e. The number of likely N-dealkylation sites (tertiary alicyclic amines) is 1. The molecule has 0 saturated carbocycles. The van der Waals surface area contributed by atoms with Crippen molar-refractivity contribution >= 4 is 16.8 Å². The number of ether oxygens (including phenoxy) is 1. The predicted octanol–water partition coefficient (Wildman–Crippen LogP) is 3.12. The fourth-order valence-electron chi connectivity index (χ4n) is 3.86. The molecule has 1 amide bonds. The molecule has 1 N–H and O–H groups in total. The first-order chi connectivity index (χ1) is 12.7. The summed E-state index contributed by atoms with van der Waals surface area (Å²) < 4.78 is 5.38. The Hall–Kier alpha value is -2.89. The minimum atomic E-state index is -0.0318. The van der Waals surface area contributed by atoms with E-state index in [0.717, 1.165) is 42.8 Å². The summed E-state index contributed by atoms with van der Waals surface area (Å²) in [7, 11) is 1.68. The second-order valence-electron chi connectivity index (χ2n) is 6.73. The van der Waals surface area contributed by atoms with Crippen LogP contribution in [0, 0.1) is 6.92 Å². The molecular weight excluding hydrogens is 328 g/mol. The number of nitrogens with zero attached hydrogens (tertiary/aromatic N) is 3. The van der Waals surface area contributed by atoms with Crippen LogP contribution in [0.3, 0.4) is 0 Å². The third kappa shape index (κ3) is 2.92. The number of benzene rings is 1. The van der Waals surface area contributed by atoms with Crippen molar-refractivity contribution < 1.29 is 9.53 Å². The molecule has 0 bridgehead atoms. The molecule has 1 atom stereocenters. The lowest BCUT2D eigenvalue weighted by molar-refractivity contribution is 0.0730. The van der Waals surface area contributed by atoms with E-state index >= 15 is 0 Å². The Bertz CT molecular complexity index is 936. The molecule has 1 aromatic carbocycles. The van der Waals surface area contributed by atoms with Gasteiger partial charge in [-0.2, -0.15) is 0 Å².